The SMILES string of the molecule is C[S@](=O)Cc1cccc(C(=O)N2CCC[C@@H]2c2ccc[nH]2)c1. The van der Waals surface area contributed by atoms with E-state index in [0.29, 0.717) is 11.3 Å². The zero-order valence-corrected chi connectivity index (χ0v) is 13.4. The summed E-state index contributed by atoms with van der Waals surface area (Å²) < 4.78 is 11.4. The summed E-state index contributed by atoms with van der Waals surface area (Å²) in [6.45, 7) is 0.784. The van der Waals surface area contributed by atoms with Crippen molar-refractivity contribution in [2.45, 2.75) is 24.6 Å². The standard InChI is InChI=1S/C17H20N2O2S/c1-22(21)12-13-5-2-6-14(11-13)17(20)19-10-4-8-16(19)15-7-3-9-18-15/h2-3,5-7,9,11,16,18H,4,8,10,12H2,1H3/t16-,22+/m1/s1. The van der Waals surface area contributed by atoms with Crippen molar-refractivity contribution in [2.75, 3.05) is 12.8 Å². The topological polar surface area (TPSA) is 53.2 Å². The van der Waals surface area contributed by atoms with Gasteiger partial charge in [0.25, 0.3) is 5.91 Å². The summed E-state index contributed by atoms with van der Waals surface area (Å²) in [7, 11) is -0.901. The number of carbonyl (C=O) groups is 1. The summed E-state index contributed by atoms with van der Waals surface area (Å²) in [6, 6.07) is 11.6. The lowest BCUT2D eigenvalue weighted by Gasteiger charge is -2.24. The van der Waals surface area contributed by atoms with Crippen LogP contribution in [0, 0.1) is 0 Å². The number of hydrogen-bond acceptors (Lipinski definition) is 2. The van der Waals surface area contributed by atoms with E-state index in [-0.39, 0.29) is 11.9 Å². The quantitative estimate of drug-likeness (QED) is 0.943. The van der Waals surface area contributed by atoms with Crippen LogP contribution in [-0.2, 0) is 16.6 Å². The monoisotopic (exact) mass is 316 g/mol. The van der Waals surface area contributed by atoms with E-state index in [1.54, 1.807) is 6.26 Å². The lowest BCUT2D eigenvalue weighted by atomic mass is 10.1. The van der Waals surface area contributed by atoms with Crippen LogP contribution in [-0.4, -0.2) is 32.8 Å². The van der Waals surface area contributed by atoms with Gasteiger partial charge in [-0.2, -0.15) is 0 Å². The Hall–Kier alpha value is -1.88. The molecule has 2 aromatic rings. The molecule has 0 bridgehead atoms. The molecule has 116 valence electrons. The van der Waals surface area contributed by atoms with Crippen molar-refractivity contribution in [1.82, 2.24) is 9.88 Å². The average Bonchev–Trinajstić information content (AvgIpc) is 3.16. The summed E-state index contributed by atoms with van der Waals surface area (Å²) in [5, 5.41) is 0. The number of carbonyl (C=O) groups excluding carboxylic acids is 1. The van der Waals surface area contributed by atoms with E-state index in [1.807, 2.05) is 47.5 Å². The van der Waals surface area contributed by atoms with E-state index in [2.05, 4.69) is 4.98 Å². The lowest BCUT2D eigenvalue weighted by molar-refractivity contribution is 0.0733. The maximum atomic E-state index is 12.8. The molecule has 1 aromatic carbocycles. The molecule has 5 heteroatoms. The van der Waals surface area contributed by atoms with Gasteiger partial charge in [0.05, 0.1) is 6.04 Å². The molecule has 4 nitrogen and oxygen atoms in total. The fraction of sp³-hybridized carbons (Fsp3) is 0.353. The number of amides is 1. The summed E-state index contributed by atoms with van der Waals surface area (Å²) in [5.41, 5.74) is 2.72. The molecule has 2 atom stereocenters. The first-order valence-electron chi connectivity index (χ1n) is 7.48. The van der Waals surface area contributed by atoms with E-state index < -0.39 is 10.8 Å². The Kier molecular flexibility index (Phi) is 4.43. The van der Waals surface area contributed by atoms with Gasteiger partial charge in [-0.15, -0.1) is 0 Å². The normalized spacial score (nSPS) is 19.3. The molecule has 2 heterocycles. The lowest BCUT2D eigenvalue weighted by Crippen LogP contribution is -2.30. The zero-order chi connectivity index (χ0) is 15.5. The summed E-state index contributed by atoms with van der Waals surface area (Å²) in [4.78, 5) is 18.0. The minimum absolute atomic E-state index is 0.0563. The molecule has 3 rings (SSSR count). The maximum Gasteiger partial charge on any atom is 0.254 e. The van der Waals surface area contributed by atoms with Crippen LogP contribution in [0.1, 0.15) is 40.5 Å². The van der Waals surface area contributed by atoms with Gasteiger partial charge in [-0.25, -0.2) is 0 Å². The van der Waals surface area contributed by atoms with Gasteiger partial charge in [-0.05, 0) is 42.7 Å². The van der Waals surface area contributed by atoms with E-state index in [4.69, 9.17) is 0 Å². The van der Waals surface area contributed by atoms with Gasteiger partial charge in [0, 0.05) is 46.8 Å². The Labute approximate surface area is 133 Å². The molecular formula is C17H20N2O2S. The van der Waals surface area contributed by atoms with E-state index >= 15 is 0 Å². The van der Waals surface area contributed by atoms with Crippen LogP contribution < -0.4 is 0 Å². The summed E-state index contributed by atoms with van der Waals surface area (Å²) in [5.74, 6) is 0.544. The molecule has 1 aromatic heterocycles. The van der Waals surface area contributed by atoms with Crippen molar-refractivity contribution >= 4 is 16.7 Å². The fourth-order valence-electron chi connectivity index (χ4n) is 3.08. The first-order valence-corrected chi connectivity index (χ1v) is 9.21. The van der Waals surface area contributed by atoms with Gasteiger partial charge in [-0.3, -0.25) is 9.00 Å². The summed E-state index contributed by atoms with van der Waals surface area (Å²) in [6.07, 6.45) is 5.59. The minimum atomic E-state index is -0.901. The number of rotatable bonds is 4. The largest absolute Gasteiger partial charge is 0.363 e. The number of benzene rings is 1. The first kappa shape index (κ1) is 15.0. The van der Waals surface area contributed by atoms with Crippen molar-refractivity contribution in [3.63, 3.8) is 0 Å². The smallest absolute Gasteiger partial charge is 0.254 e. The fourth-order valence-corrected chi connectivity index (χ4v) is 3.73. The Morgan fingerprint density at radius 3 is 2.95 bits per heavy atom. The van der Waals surface area contributed by atoms with Gasteiger partial charge in [0.1, 0.15) is 0 Å². The molecule has 1 amide bonds. The molecule has 1 aliphatic heterocycles. The van der Waals surface area contributed by atoms with Crippen molar-refractivity contribution < 1.29 is 9.00 Å². The van der Waals surface area contributed by atoms with Crippen molar-refractivity contribution in [1.29, 1.82) is 0 Å². The van der Waals surface area contributed by atoms with E-state index in [0.717, 1.165) is 30.6 Å². The molecule has 0 radical (unpaired) electrons. The number of aromatic amines is 1. The second kappa shape index (κ2) is 6.48. The van der Waals surface area contributed by atoms with Gasteiger partial charge >= 0.3 is 0 Å². The maximum absolute atomic E-state index is 12.8. The van der Waals surface area contributed by atoms with E-state index in [1.165, 1.54) is 0 Å². The molecule has 0 saturated carbocycles. The molecule has 0 aliphatic carbocycles. The van der Waals surface area contributed by atoms with Gasteiger partial charge in [0.2, 0.25) is 0 Å². The highest BCUT2D eigenvalue weighted by Gasteiger charge is 2.31. The third kappa shape index (κ3) is 3.14. The third-order valence-electron chi connectivity index (χ3n) is 4.04. The molecule has 0 unspecified atom stereocenters. The highest BCUT2D eigenvalue weighted by atomic mass is 32.2. The van der Waals surface area contributed by atoms with Crippen LogP contribution in [0.4, 0.5) is 0 Å². The van der Waals surface area contributed by atoms with Crippen LogP contribution in [0.2, 0.25) is 0 Å². The second-order valence-corrected chi connectivity index (χ2v) is 7.14. The van der Waals surface area contributed by atoms with Crippen molar-refractivity contribution in [3.8, 4) is 0 Å². The average molecular weight is 316 g/mol. The predicted molar refractivity (Wildman–Crippen MR) is 88.0 cm³/mol. The highest BCUT2D eigenvalue weighted by Crippen LogP contribution is 2.32. The Morgan fingerprint density at radius 1 is 1.36 bits per heavy atom. The van der Waals surface area contributed by atoms with Crippen molar-refractivity contribution in [2.24, 2.45) is 0 Å². The molecule has 1 N–H and O–H groups in total. The third-order valence-corrected chi connectivity index (χ3v) is 4.78. The minimum Gasteiger partial charge on any atom is -0.363 e. The van der Waals surface area contributed by atoms with Crippen LogP contribution in [0.5, 0.6) is 0 Å². The number of aromatic nitrogens is 1. The molecule has 1 saturated heterocycles. The van der Waals surface area contributed by atoms with Crippen LogP contribution in [0.3, 0.4) is 0 Å². The molecule has 1 fully saturated rings. The van der Waals surface area contributed by atoms with Crippen LogP contribution in [0.25, 0.3) is 0 Å². The number of hydrogen-bond donors (Lipinski definition) is 1. The van der Waals surface area contributed by atoms with Crippen LogP contribution >= 0.6 is 0 Å². The second-order valence-electron chi connectivity index (χ2n) is 5.70. The van der Waals surface area contributed by atoms with Gasteiger partial charge < -0.3 is 9.88 Å². The number of H-pyrrole nitrogens is 1. The first-order chi connectivity index (χ1) is 10.6. The molecule has 22 heavy (non-hydrogen) atoms. The van der Waals surface area contributed by atoms with Gasteiger partial charge in [-0.1, -0.05) is 12.1 Å². The molecule has 1 aliphatic rings. The number of likely N-dealkylation sites (tertiary alicyclic amines) is 1. The Balaban J connectivity index is 1.82. The number of nitrogens with zero attached hydrogens (tertiary/aromatic N) is 1. The molecule has 0 spiro atoms. The van der Waals surface area contributed by atoms with Crippen molar-refractivity contribution in [3.05, 3.63) is 59.4 Å². The summed E-state index contributed by atoms with van der Waals surface area (Å²) >= 11 is 0. The Morgan fingerprint density at radius 2 is 2.23 bits per heavy atom. The number of nitrogens with one attached hydrogen (secondary N) is 1. The zero-order valence-electron chi connectivity index (χ0n) is 12.6. The van der Waals surface area contributed by atoms with E-state index in [9.17, 15) is 9.00 Å². The highest BCUT2D eigenvalue weighted by molar-refractivity contribution is 7.83. The Bertz CT molecular complexity index is 682. The van der Waals surface area contributed by atoms with Gasteiger partial charge in [0.15, 0.2) is 0 Å². The van der Waals surface area contributed by atoms with Crippen LogP contribution in [0.15, 0.2) is 42.6 Å². The predicted octanol–water partition coefficient (Wildman–Crippen LogP) is 2.87. The molecular weight excluding hydrogens is 296 g/mol.